The second kappa shape index (κ2) is 7.77. The summed E-state index contributed by atoms with van der Waals surface area (Å²) in [6.07, 6.45) is 4.98. The van der Waals surface area contributed by atoms with Crippen molar-refractivity contribution in [1.29, 1.82) is 0 Å². The zero-order valence-corrected chi connectivity index (χ0v) is 13.9. The molecule has 0 spiro atoms. The number of aliphatic hydroxyl groups excluding tert-OH is 1. The summed E-state index contributed by atoms with van der Waals surface area (Å²) in [6, 6.07) is 6.09. The van der Waals surface area contributed by atoms with Crippen LogP contribution in [0.5, 0.6) is 5.75 Å². The molecule has 1 aliphatic heterocycles. The lowest BCUT2D eigenvalue weighted by Crippen LogP contribution is -2.38. The van der Waals surface area contributed by atoms with Crippen molar-refractivity contribution in [3.8, 4) is 5.75 Å². The van der Waals surface area contributed by atoms with Crippen molar-refractivity contribution in [2.45, 2.75) is 18.9 Å². The quantitative estimate of drug-likeness (QED) is 0.882. The Bertz CT molecular complexity index is 636. The molecule has 0 saturated carbocycles. The van der Waals surface area contributed by atoms with Gasteiger partial charge in [-0.2, -0.15) is 0 Å². The molecule has 0 amide bonds. The zero-order chi connectivity index (χ0) is 16.9. The van der Waals surface area contributed by atoms with Crippen molar-refractivity contribution in [2.24, 2.45) is 13.0 Å². The molecule has 2 aromatic rings. The number of piperidine rings is 1. The molecular formula is C18H24FN3O2. The summed E-state index contributed by atoms with van der Waals surface area (Å²) in [5.41, 5.74) is 0. The zero-order valence-electron chi connectivity index (χ0n) is 13.9. The fraction of sp³-hybridized carbons (Fsp3) is 0.500. The van der Waals surface area contributed by atoms with Crippen LogP contribution >= 0.6 is 0 Å². The van der Waals surface area contributed by atoms with E-state index in [0.29, 0.717) is 12.4 Å². The number of rotatable bonds is 6. The van der Waals surface area contributed by atoms with Crippen molar-refractivity contribution in [1.82, 2.24) is 14.5 Å². The summed E-state index contributed by atoms with van der Waals surface area (Å²) in [5.74, 6) is 1.43. The van der Waals surface area contributed by atoms with Crippen LogP contribution in [0.2, 0.25) is 0 Å². The fourth-order valence-corrected chi connectivity index (χ4v) is 3.19. The number of hydrogen-bond acceptors (Lipinski definition) is 4. The molecule has 1 aromatic carbocycles. The van der Waals surface area contributed by atoms with Crippen molar-refractivity contribution in [2.75, 3.05) is 26.2 Å². The van der Waals surface area contributed by atoms with Gasteiger partial charge in [-0.1, -0.05) is 0 Å². The van der Waals surface area contributed by atoms with Crippen LogP contribution in [0.1, 0.15) is 24.8 Å². The molecule has 0 radical (unpaired) electrons. The first kappa shape index (κ1) is 16.9. The molecule has 6 heteroatoms. The molecule has 0 aliphatic carbocycles. The number of hydrogen-bond donors (Lipinski definition) is 1. The average Bonchev–Trinajstić information content (AvgIpc) is 3.03. The SMILES string of the molecule is Cn1ccnc1C(O)C1CCN(CCOc2ccc(F)cc2)CC1. The van der Waals surface area contributed by atoms with E-state index in [0.717, 1.165) is 38.3 Å². The Morgan fingerprint density at radius 2 is 2.00 bits per heavy atom. The minimum atomic E-state index is -0.498. The van der Waals surface area contributed by atoms with Crippen LogP contribution in [0.25, 0.3) is 0 Å². The van der Waals surface area contributed by atoms with Crippen LogP contribution in [-0.4, -0.2) is 45.8 Å². The fourth-order valence-electron chi connectivity index (χ4n) is 3.19. The van der Waals surface area contributed by atoms with Gasteiger partial charge in [-0.05, 0) is 56.1 Å². The molecule has 3 rings (SSSR count). The molecule has 1 aromatic heterocycles. The summed E-state index contributed by atoms with van der Waals surface area (Å²) < 4.78 is 20.4. The highest BCUT2D eigenvalue weighted by Crippen LogP contribution is 2.29. The van der Waals surface area contributed by atoms with Crippen LogP contribution in [0.15, 0.2) is 36.7 Å². The Morgan fingerprint density at radius 3 is 2.62 bits per heavy atom. The molecule has 1 saturated heterocycles. The van der Waals surface area contributed by atoms with E-state index in [1.165, 1.54) is 12.1 Å². The predicted molar refractivity (Wildman–Crippen MR) is 89.2 cm³/mol. The van der Waals surface area contributed by atoms with Gasteiger partial charge in [-0.25, -0.2) is 9.37 Å². The number of likely N-dealkylation sites (tertiary alicyclic amines) is 1. The Morgan fingerprint density at radius 1 is 1.29 bits per heavy atom. The first-order valence-corrected chi connectivity index (χ1v) is 8.39. The summed E-state index contributed by atoms with van der Waals surface area (Å²) in [5, 5.41) is 10.5. The van der Waals surface area contributed by atoms with Crippen molar-refractivity contribution >= 4 is 0 Å². The number of ether oxygens (including phenoxy) is 1. The van der Waals surface area contributed by atoms with E-state index in [4.69, 9.17) is 4.74 Å². The third-order valence-corrected chi connectivity index (χ3v) is 4.69. The van der Waals surface area contributed by atoms with Gasteiger partial charge in [0.2, 0.25) is 0 Å². The van der Waals surface area contributed by atoms with Crippen LogP contribution in [0.4, 0.5) is 4.39 Å². The Kier molecular flexibility index (Phi) is 5.48. The third kappa shape index (κ3) is 4.13. The maximum Gasteiger partial charge on any atom is 0.137 e. The summed E-state index contributed by atoms with van der Waals surface area (Å²) in [7, 11) is 1.91. The van der Waals surface area contributed by atoms with Gasteiger partial charge in [0.25, 0.3) is 0 Å². The monoisotopic (exact) mass is 333 g/mol. The van der Waals surface area contributed by atoms with E-state index in [1.54, 1.807) is 18.3 Å². The highest BCUT2D eigenvalue weighted by Gasteiger charge is 2.28. The molecule has 5 nitrogen and oxygen atoms in total. The normalized spacial score (nSPS) is 17.8. The molecular weight excluding hydrogens is 309 g/mol. The Hall–Kier alpha value is -1.92. The van der Waals surface area contributed by atoms with Crippen molar-refractivity contribution in [3.05, 3.63) is 48.3 Å². The molecule has 0 bridgehead atoms. The van der Waals surface area contributed by atoms with Gasteiger partial charge in [-0.3, -0.25) is 4.90 Å². The number of aryl methyl sites for hydroxylation is 1. The van der Waals surface area contributed by atoms with Gasteiger partial charge in [-0.15, -0.1) is 0 Å². The smallest absolute Gasteiger partial charge is 0.137 e. The number of halogens is 1. The van der Waals surface area contributed by atoms with Crippen LogP contribution in [0.3, 0.4) is 0 Å². The van der Waals surface area contributed by atoms with E-state index in [2.05, 4.69) is 9.88 Å². The molecule has 24 heavy (non-hydrogen) atoms. The standard InChI is InChI=1S/C18H24FN3O2/c1-21-11-8-20-18(21)17(23)14-6-9-22(10-7-14)12-13-24-16-4-2-15(19)3-5-16/h2-5,8,11,14,17,23H,6-7,9-10,12-13H2,1H3. The first-order valence-electron chi connectivity index (χ1n) is 8.39. The maximum atomic E-state index is 12.8. The molecule has 1 unspecified atom stereocenters. The van der Waals surface area contributed by atoms with Gasteiger partial charge in [0.05, 0.1) is 0 Å². The lowest BCUT2D eigenvalue weighted by atomic mass is 9.91. The van der Waals surface area contributed by atoms with Gasteiger partial charge in [0.1, 0.15) is 30.1 Å². The molecule has 130 valence electrons. The molecule has 2 heterocycles. The van der Waals surface area contributed by atoms with E-state index in [1.807, 2.05) is 17.8 Å². The topological polar surface area (TPSA) is 50.5 Å². The van der Waals surface area contributed by atoms with Gasteiger partial charge in [0.15, 0.2) is 0 Å². The average molecular weight is 333 g/mol. The second-order valence-corrected chi connectivity index (χ2v) is 6.32. The molecule has 1 aliphatic rings. The lowest BCUT2D eigenvalue weighted by Gasteiger charge is -2.33. The highest BCUT2D eigenvalue weighted by molar-refractivity contribution is 5.21. The largest absolute Gasteiger partial charge is 0.492 e. The Balaban J connectivity index is 1.40. The van der Waals surface area contributed by atoms with E-state index >= 15 is 0 Å². The van der Waals surface area contributed by atoms with Crippen molar-refractivity contribution in [3.63, 3.8) is 0 Å². The van der Waals surface area contributed by atoms with Gasteiger partial charge < -0.3 is 14.4 Å². The highest BCUT2D eigenvalue weighted by atomic mass is 19.1. The number of nitrogens with zero attached hydrogens (tertiary/aromatic N) is 3. The van der Waals surface area contributed by atoms with Crippen molar-refractivity contribution < 1.29 is 14.2 Å². The first-order chi connectivity index (χ1) is 11.6. The number of aromatic nitrogens is 2. The second-order valence-electron chi connectivity index (χ2n) is 6.32. The van der Waals surface area contributed by atoms with E-state index < -0.39 is 6.10 Å². The number of benzene rings is 1. The number of imidazole rings is 1. The maximum absolute atomic E-state index is 12.8. The summed E-state index contributed by atoms with van der Waals surface area (Å²) >= 11 is 0. The third-order valence-electron chi connectivity index (χ3n) is 4.69. The van der Waals surface area contributed by atoms with Gasteiger partial charge >= 0.3 is 0 Å². The number of aliphatic hydroxyl groups is 1. The van der Waals surface area contributed by atoms with Crippen LogP contribution < -0.4 is 4.74 Å². The predicted octanol–water partition coefficient (Wildman–Crippen LogP) is 2.38. The minimum absolute atomic E-state index is 0.250. The Labute approximate surface area is 141 Å². The van der Waals surface area contributed by atoms with Crippen LogP contribution in [-0.2, 0) is 7.05 Å². The molecule has 1 fully saturated rings. The lowest BCUT2D eigenvalue weighted by molar-refractivity contribution is 0.0478. The molecule has 1 atom stereocenters. The summed E-state index contributed by atoms with van der Waals surface area (Å²) in [6.45, 7) is 3.30. The summed E-state index contributed by atoms with van der Waals surface area (Å²) in [4.78, 5) is 6.59. The minimum Gasteiger partial charge on any atom is -0.492 e. The molecule has 1 N–H and O–H groups in total. The van der Waals surface area contributed by atoms with Gasteiger partial charge in [0, 0.05) is 26.0 Å². The van der Waals surface area contributed by atoms with E-state index in [-0.39, 0.29) is 11.7 Å². The van der Waals surface area contributed by atoms with Crippen LogP contribution in [0, 0.1) is 11.7 Å². The van der Waals surface area contributed by atoms with E-state index in [9.17, 15) is 9.50 Å².